The minimum atomic E-state index is -0.0445. The quantitative estimate of drug-likeness (QED) is 0.739. The standard InChI is InChI=1S/C13H22N4O/c1-10(13-15-7-8-16-13)17-12(18)5-4-11-3-2-6-14-9-11/h7-8,10-11,14H,2-6,9H2,1H3,(H,15,16)(H,17,18). The predicted molar refractivity (Wildman–Crippen MR) is 70.0 cm³/mol. The van der Waals surface area contributed by atoms with Crippen molar-refractivity contribution in [1.29, 1.82) is 0 Å². The van der Waals surface area contributed by atoms with Gasteiger partial charge in [-0.15, -0.1) is 0 Å². The Morgan fingerprint density at radius 2 is 2.56 bits per heavy atom. The minimum absolute atomic E-state index is 0.0445. The molecule has 2 rings (SSSR count). The number of nitrogens with one attached hydrogen (secondary N) is 3. The number of amides is 1. The molecule has 0 aliphatic carbocycles. The number of piperidine rings is 1. The van der Waals surface area contributed by atoms with E-state index in [9.17, 15) is 4.79 Å². The second kappa shape index (κ2) is 6.54. The predicted octanol–water partition coefficient (Wildman–Crippen LogP) is 1.37. The van der Waals surface area contributed by atoms with Crippen LogP contribution in [-0.4, -0.2) is 29.0 Å². The first-order valence-electron chi connectivity index (χ1n) is 6.75. The second-order valence-electron chi connectivity index (χ2n) is 5.01. The van der Waals surface area contributed by atoms with E-state index in [2.05, 4.69) is 20.6 Å². The lowest BCUT2D eigenvalue weighted by Crippen LogP contribution is -2.32. The Hall–Kier alpha value is -1.36. The largest absolute Gasteiger partial charge is 0.347 e. The van der Waals surface area contributed by atoms with E-state index >= 15 is 0 Å². The molecule has 0 spiro atoms. The molecular weight excluding hydrogens is 228 g/mol. The van der Waals surface area contributed by atoms with Crippen LogP contribution in [0.5, 0.6) is 0 Å². The lowest BCUT2D eigenvalue weighted by Gasteiger charge is -2.22. The molecule has 1 amide bonds. The maximum Gasteiger partial charge on any atom is 0.220 e. The highest BCUT2D eigenvalue weighted by Gasteiger charge is 2.16. The highest BCUT2D eigenvalue weighted by molar-refractivity contribution is 5.76. The first-order chi connectivity index (χ1) is 8.75. The first kappa shape index (κ1) is 13.1. The molecule has 3 N–H and O–H groups in total. The summed E-state index contributed by atoms with van der Waals surface area (Å²) >= 11 is 0. The van der Waals surface area contributed by atoms with Crippen molar-refractivity contribution in [1.82, 2.24) is 20.6 Å². The molecule has 2 unspecified atom stereocenters. The maximum atomic E-state index is 11.8. The number of imidazole rings is 1. The molecule has 1 aromatic rings. The summed E-state index contributed by atoms with van der Waals surface area (Å²) in [6, 6.07) is -0.0445. The number of nitrogens with zero attached hydrogens (tertiary/aromatic N) is 1. The van der Waals surface area contributed by atoms with Gasteiger partial charge in [0, 0.05) is 18.8 Å². The number of aromatic nitrogens is 2. The zero-order valence-electron chi connectivity index (χ0n) is 10.9. The van der Waals surface area contributed by atoms with Gasteiger partial charge in [0.05, 0.1) is 6.04 Å². The third-order valence-electron chi connectivity index (χ3n) is 3.49. The van der Waals surface area contributed by atoms with Crippen LogP contribution in [0.15, 0.2) is 12.4 Å². The summed E-state index contributed by atoms with van der Waals surface area (Å²) in [5.74, 6) is 1.58. The van der Waals surface area contributed by atoms with Gasteiger partial charge in [-0.1, -0.05) is 0 Å². The molecular formula is C13H22N4O. The molecule has 0 bridgehead atoms. The number of rotatable bonds is 5. The third kappa shape index (κ3) is 3.84. The van der Waals surface area contributed by atoms with Crippen LogP contribution in [-0.2, 0) is 4.79 Å². The highest BCUT2D eigenvalue weighted by Crippen LogP contribution is 2.16. The van der Waals surface area contributed by atoms with E-state index in [0.717, 1.165) is 25.3 Å². The van der Waals surface area contributed by atoms with Gasteiger partial charge < -0.3 is 15.6 Å². The Labute approximate surface area is 108 Å². The summed E-state index contributed by atoms with van der Waals surface area (Å²) in [4.78, 5) is 19.0. The van der Waals surface area contributed by atoms with Gasteiger partial charge in [0.15, 0.2) is 0 Å². The van der Waals surface area contributed by atoms with Gasteiger partial charge in [0.2, 0.25) is 5.91 Å². The van der Waals surface area contributed by atoms with Crippen LogP contribution in [0, 0.1) is 5.92 Å². The van der Waals surface area contributed by atoms with Crippen molar-refractivity contribution in [2.24, 2.45) is 5.92 Å². The van der Waals surface area contributed by atoms with Crippen LogP contribution < -0.4 is 10.6 Å². The average Bonchev–Trinajstić information content (AvgIpc) is 2.91. The fourth-order valence-corrected chi connectivity index (χ4v) is 2.40. The Balaban J connectivity index is 1.68. The van der Waals surface area contributed by atoms with Crippen LogP contribution in [0.4, 0.5) is 0 Å². The van der Waals surface area contributed by atoms with Crippen molar-refractivity contribution in [3.63, 3.8) is 0 Å². The molecule has 18 heavy (non-hydrogen) atoms. The number of hydrogen-bond donors (Lipinski definition) is 3. The molecule has 1 saturated heterocycles. The molecule has 0 saturated carbocycles. The normalized spacial score (nSPS) is 21.5. The number of aromatic amines is 1. The van der Waals surface area contributed by atoms with Crippen LogP contribution in [0.3, 0.4) is 0 Å². The fraction of sp³-hybridized carbons (Fsp3) is 0.692. The van der Waals surface area contributed by atoms with Crippen LogP contribution in [0.25, 0.3) is 0 Å². The van der Waals surface area contributed by atoms with E-state index < -0.39 is 0 Å². The zero-order valence-corrected chi connectivity index (χ0v) is 10.9. The molecule has 5 heteroatoms. The summed E-state index contributed by atoms with van der Waals surface area (Å²) in [5, 5.41) is 6.34. The van der Waals surface area contributed by atoms with E-state index in [1.165, 1.54) is 12.8 Å². The Morgan fingerprint density at radius 3 is 3.22 bits per heavy atom. The van der Waals surface area contributed by atoms with Gasteiger partial charge in [-0.05, 0) is 45.2 Å². The van der Waals surface area contributed by atoms with Gasteiger partial charge >= 0.3 is 0 Å². The van der Waals surface area contributed by atoms with Crippen molar-refractivity contribution in [3.05, 3.63) is 18.2 Å². The van der Waals surface area contributed by atoms with E-state index in [4.69, 9.17) is 0 Å². The van der Waals surface area contributed by atoms with E-state index in [1.54, 1.807) is 12.4 Å². The Morgan fingerprint density at radius 1 is 1.67 bits per heavy atom. The van der Waals surface area contributed by atoms with Crippen molar-refractivity contribution in [3.8, 4) is 0 Å². The van der Waals surface area contributed by atoms with Gasteiger partial charge in [0.1, 0.15) is 5.82 Å². The average molecular weight is 250 g/mol. The molecule has 1 aromatic heterocycles. The molecule has 2 atom stereocenters. The Bertz CT molecular complexity index is 357. The molecule has 2 heterocycles. The van der Waals surface area contributed by atoms with Crippen molar-refractivity contribution >= 4 is 5.91 Å². The second-order valence-corrected chi connectivity index (χ2v) is 5.01. The van der Waals surface area contributed by atoms with E-state index in [0.29, 0.717) is 12.3 Å². The molecule has 0 radical (unpaired) electrons. The topological polar surface area (TPSA) is 69.8 Å². The number of hydrogen-bond acceptors (Lipinski definition) is 3. The molecule has 0 aromatic carbocycles. The maximum absolute atomic E-state index is 11.8. The first-order valence-corrected chi connectivity index (χ1v) is 6.75. The zero-order chi connectivity index (χ0) is 12.8. The van der Waals surface area contributed by atoms with E-state index in [1.807, 2.05) is 6.92 Å². The summed E-state index contributed by atoms with van der Waals surface area (Å²) < 4.78 is 0. The molecule has 5 nitrogen and oxygen atoms in total. The van der Waals surface area contributed by atoms with Crippen molar-refractivity contribution in [2.75, 3.05) is 13.1 Å². The fourth-order valence-electron chi connectivity index (χ4n) is 2.40. The number of carbonyl (C=O) groups is 1. The number of H-pyrrole nitrogens is 1. The minimum Gasteiger partial charge on any atom is -0.347 e. The summed E-state index contributed by atoms with van der Waals surface area (Å²) in [6.07, 6.45) is 7.53. The smallest absolute Gasteiger partial charge is 0.220 e. The van der Waals surface area contributed by atoms with Crippen LogP contribution in [0.1, 0.15) is 44.5 Å². The molecule has 100 valence electrons. The summed E-state index contributed by atoms with van der Waals surface area (Å²) in [6.45, 7) is 4.12. The van der Waals surface area contributed by atoms with Gasteiger partial charge in [-0.25, -0.2) is 4.98 Å². The summed E-state index contributed by atoms with van der Waals surface area (Å²) in [5.41, 5.74) is 0. The van der Waals surface area contributed by atoms with Crippen molar-refractivity contribution < 1.29 is 4.79 Å². The van der Waals surface area contributed by atoms with Crippen LogP contribution >= 0.6 is 0 Å². The lowest BCUT2D eigenvalue weighted by atomic mass is 9.94. The van der Waals surface area contributed by atoms with Gasteiger partial charge in [0.25, 0.3) is 0 Å². The number of carbonyl (C=O) groups excluding carboxylic acids is 1. The Kier molecular flexibility index (Phi) is 4.75. The van der Waals surface area contributed by atoms with Crippen LogP contribution in [0.2, 0.25) is 0 Å². The van der Waals surface area contributed by atoms with Crippen molar-refractivity contribution in [2.45, 2.75) is 38.6 Å². The summed E-state index contributed by atoms with van der Waals surface area (Å²) in [7, 11) is 0. The SMILES string of the molecule is CC(NC(=O)CCC1CCCNC1)c1ncc[nH]1. The van der Waals surface area contributed by atoms with Gasteiger partial charge in [-0.2, -0.15) is 0 Å². The molecule has 1 aliphatic rings. The molecule has 1 fully saturated rings. The van der Waals surface area contributed by atoms with Gasteiger partial charge in [-0.3, -0.25) is 4.79 Å². The molecule has 1 aliphatic heterocycles. The van der Waals surface area contributed by atoms with E-state index in [-0.39, 0.29) is 11.9 Å². The monoisotopic (exact) mass is 250 g/mol. The lowest BCUT2D eigenvalue weighted by molar-refractivity contribution is -0.122. The highest BCUT2D eigenvalue weighted by atomic mass is 16.1. The third-order valence-corrected chi connectivity index (χ3v) is 3.49.